The average molecular weight is 405 g/mol. The van der Waals surface area contributed by atoms with E-state index in [2.05, 4.69) is 5.32 Å². The number of nitrogens with zero attached hydrogens (tertiary/aromatic N) is 1. The molecule has 6 nitrogen and oxygen atoms in total. The number of nitrogens with one attached hydrogen (secondary N) is 1. The number of benzene rings is 2. The lowest BCUT2D eigenvalue weighted by Gasteiger charge is -2.19. The molecule has 0 saturated carbocycles. The van der Waals surface area contributed by atoms with E-state index >= 15 is 0 Å². The predicted octanol–water partition coefficient (Wildman–Crippen LogP) is 3.74. The van der Waals surface area contributed by atoms with Gasteiger partial charge in [-0.05, 0) is 56.7 Å². The molecule has 0 radical (unpaired) electrons. The fourth-order valence-corrected chi connectivity index (χ4v) is 4.30. The molecule has 0 bridgehead atoms. The first-order valence-electron chi connectivity index (χ1n) is 9.34. The Balaban J connectivity index is 2.06. The second-order valence-electron chi connectivity index (χ2n) is 6.63. The Bertz CT molecular complexity index is 920. The zero-order valence-electron chi connectivity index (χ0n) is 17.0. The standard InChI is InChI=1S/C21H28N2O4S/c1-6-23(7-2)28(25,26)19-11-9-18(10-12-19)22-21(24)17(5)27-20-13-8-15(3)14-16(20)4/h8-14,17H,6-7H2,1-5H3,(H,22,24). The van der Waals surface area contributed by atoms with Crippen molar-refractivity contribution in [2.45, 2.75) is 45.6 Å². The van der Waals surface area contributed by atoms with Crippen LogP contribution in [0.1, 0.15) is 31.9 Å². The van der Waals surface area contributed by atoms with Crippen molar-refractivity contribution in [3.8, 4) is 5.75 Å². The van der Waals surface area contributed by atoms with E-state index in [1.54, 1.807) is 32.9 Å². The Labute approximate surface area is 167 Å². The molecule has 0 saturated heterocycles. The minimum Gasteiger partial charge on any atom is -0.481 e. The van der Waals surface area contributed by atoms with Gasteiger partial charge in [0.2, 0.25) is 10.0 Å². The lowest BCUT2D eigenvalue weighted by Crippen LogP contribution is -2.31. The third kappa shape index (κ3) is 5.11. The Kier molecular flexibility index (Phi) is 7.21. The van der Waals surface area contributed by atoms with Crippen molar-refractivity contribution in [2.75, 3.05) is 18.4 Å². The van der Waals surface area contributed by atoms with Gasteiger partial charge in [-0.25, -0.2) is 8.42 Å². The number of hydrogen-bond donors (Lipinski definition) is 1. The molecule has 0 aliphatic heterocycles. The van der Waals surface area contributed by atoms with Crippen molar-refractivity contribution in [2.24, 2.45) is 0 Å². The van der Waals surface area contributed by atoms with Crippen molar-refractivity contribution in [1.82, 2.24) is 4.31 Å². The van der Waals surface area contributed by atoms with Gasteiger partial charge in [0.15, 0.2) is 6.10 Å². The van der Waals surface area contributed by atoms with Gasteiger partial charge in [-0.1, -0.05) is 31.5 Å². The molecule has 28 heavy (non-hydrogen) atoms. The average Bonchev–Trinajstić information content (AvgIpc) is 2.65. The molecule has 1 N–H and O–H groups in total. The Morgan fingerprint density at radius 1 is 1.07 bits per heavy atom. The highest BCUT2D eigenvalue weighted by Crippen LogP contribution is 2.21. The smallest absolute Gasteiger partial charge is 0.265 e. The van der Waals surface area contributed by atoms with Crippen LogP contribution < -0.4 is 10.1 Å². The molecule has 2 aromatic carbocycles. The summed E-state index contributed by atoms with van der Waals surface area (Å²) in [5.41, 5.74) is 2.60. The number of sulfonamides is 1. The summed E-state index contributed by atoms with van der Waals surface area (Å²) in [6.07, 6.45) is -0.694. The third-order valence-corrected chi connectivity index (χ3v) is 6.53. The van der Waals surface area contributed by atoms with Gasteiger partial charge >= 0.3 is 0 Å². The topological polar surface area (TPSA) is 75.7 Å². The first-order chi connectivity index (χ1) is 13.2. The molecule has 1 amide bonds. The number of amides is 1. The van der Waals surface area contributed by atoms with Crippen LogP contribution in [0.4, 0.5) is 5.69 Å². The molecule has 1 unspecified atom stereocenters. The van der Waals surface area contributed by atoms with Gasteiger partial charge in [0.25, 0.3) is 5.91 Å². The number of carbonyl (C=O) groups excluding carboxylic acids is 1. The van der Waals surface area contributed by atoms with Gasteiger partial charge in [0.1, 0.15) is 5.75 Å². The van der Waals surface area contributed by atoms with Gasteiger partial charge in [-0.2, -0.15) is 4.31 Å². The summed E-state index contributed by atoms with van der Waals surface area (Å²) in [6.45, 7) is 10.0. The second kappa shape index (κ2) is 9.21. The fraction of sp³-hybridized carbons (Fsp3) is 0.381. The van der Waals surface area contributed by atoms with Crippen LogP contribution in [-0.4, -0.2) is 37.8 Å². The summed E-state index contributed by atoms with van der Waals surface area (Å²) < 4.78 is 32.2. The number of hydrogen-bond acceptors (Lipinski definition) is 4. The Morgan fingerprint density at radius 3 is 2.21 bits per heavy atom. The molecule has 0 heterocycles. The van der Waals surface area contributed by atoms with Gasteiger partial charge in [-0.15, -0.1) is 0 Å². The van der Waals surface area contributed by atoms with E-state index in [9.17, 15) is 13.2 Å². The van der Waals surface area contributed by atoms with Gasteiger partial charge in [0, 0.05) is 18.8 Å². The van der Waals surface area contributed by atoms with E-state index in [0.717, 1.165) is 11.1 Å². The summed E-state index contributed by atoms with van der Waals surface area (Å²) in [6, 6.07) is 11.9. The second-order valence-corrected chi connectivity index (χ2v) is 8.57. The quantitative estimate of drug-likeness (QED) is 0.727. The molecule has 2 rings (SSSR count). The Morgan fingerprint density at radius 2 is 1.68 bits per heavy atom. The van der Waals surface area contributed by atoms with Crippen molar-refractivity contribution in [3.05, 3.63) is 53.6 Å². The molecule has 0 spiro atoms. The van der Waals surface area contributed by atoms with Crippen molar-refractivity contribution < 1.29 is 17.9 Å². The molecular weight excluding hydrogens is 376 g/mol. The zero-order valence-corrected chi connectivity index (χ0v) is 17.8. The van der Waals surface area contributed by atoms with Crippen molar-refractivity contribution in [3.63, 3.8) is 0 Å². The van der Waals surface area contributed by atoms with Crippen molar-refractivity contribution in [1.29, 1.82) is 0 Å². The lowest BCUT2D eigenvalue weighted by atomic mass is 10.1. The first kappa shape index (κ1) is 21.9. The van der Waals surface area contributed by atoms with E-state index in [1.165, 1.54) is 16.4 Å². The summed E-state index contributed by atoms with van der Waals surface area (Å²) in [7, 11) is -3.52. The van der Waals surface area contributed by atoms with Crippen molar-refractivity contribution >= 4 is 21.6 Å². The van der Waals surface area contributed by atoms with Gasteiger partial charge in [0.05, 0.1) is 4.90 Å². The van der Waals surface area contributed by atoms with E-state index in [1.807, 2.05) is 32.0 Å². The number of carbonyl (C=O) groups is 1. The number of rotatable bonds is 8. The summed E-state index contributed by atoms with van der Waals surface area (Å²) >= 11 is 0. The molecule has 0 aliphatic carbocycles. The first-order valence-corrected chi connectivity index (χ1v) is 10.8. The van der Waals surface area contributed by atoms with Gasteiger partial charge in [-0.3, -0.25) is 4.79 Å². The van der Waals surface area contributed by atoms with Crippen LogP contribution in [0, 0.1) is 13.8 Å². The maximum Gasteiger partial charge on any atom is 0.265 e. The zero-order chi connectivity index (χ0) is 20.9. The van der Waals surface area contributed by atoms with E-state index in [0.29, 0.717) is 24.5 Å². The van der Waals surface area contributed by atoms with Crippen LogP contribution >= 0.6 is 0 Å². The largest absolute Gasteiger partial charge is 0.481 e. The molecule has 2 aromatic rings. The minimum atomic E-state index is -3.52. The molecule has 152 valence electrons. The highest BCUT2D eigenvalue weighted by Gasteiger charge is 2.22. The van der Waals surface area contributed by atoms with Crippen LogP contribution in [0.5, 0.6) is 5.75 Å². The molecule has 7 heteroatoms. The number of aryl methyl sites for hydroxylation is 2. The molecular formula is C21H28N2O4S. The fourth-order valence-electron chi connectivity index (χ4n) is 2.84. The normalized spacial score (nSPS) is 12.6. The number of ether oxygens (including phenoxy) is 1. The third-order valence-electron chi connectivity index (χ3n) is 4.47. The maximum atomic E-state index is 12.5. The molecule has 1 atom stereocenters. The summed E-state index contributed by atoms with van der Waals surface area (Å²) in [4.78, 5) is 12.6. The van der Waals surface area contributed by atoms with E-state index < -0.39 is 16.1 Å². The predicted molar refractivity (Wildman–Crippen MR) is 111 cm³/mol. The molecule has 0 aliphatic rings. The summed E-state index contributed by atoms with van der Waals surface area (Å²) in [5, 5.41) is 2.76. The van der Waals surface area contributed by atoms with Crippen LogP contribution in [0.25, 0.3) is 0 Å². The van der Waals surface area contributed by atoms with Crippen LogP contribution in [0.3, 0.4) is 0 Å². The highest BCUT2D eigenvalue weighted by molar-refractivity contribution is 7.89. The monoisotopic (exact) mass is 404 g/mol. The van der Waals surface area contributed by atoms with Crippen LogP contribution in [0.2, 0.25) is 0 Å². The van der Waals surface area contributed by atoms with Crippen LogP contribution in [-0.2, 0) is 14.8 Å². The van der Waals surface area contributed by atoms with Gasteiger partial charge < -0.3 is 10.1 Å². The molecule has 0 fully saturated rings. The molecule has 0 aromatic heterocycles. The summed E-state index contributed by atoms with van der Waals surface area (Å²) in [5.74, 6) is 0.355. The number of anilines is 1. The highest BCUT2D eigenvalue weighted by atomic mass is 32.2. The van der Waals surface area contributed by atoms with Crippen LogP contribution in [0.15, 0.2) is 47.4 Å². The van der Waals surface area contributed by atoms with E-state index in [-0.39, 0.29) is 10.8 Å². The maximum absolute atomic E-state index is 12.5. The van der Waals surface area contributed by atoms with E-state index in [4.69, 9.17) is 4.74 Å². The minimum absolute atomic E-state index is 0.203. The Hall–Kier alpha value is -2.38. The SMILES string of the molecule is CCN(CC)S(=O)(=O)c1ccc(NC(=O)C(C)Oc2ccc(C)cc2C)cc1. The lowest BCUT2D eigenvalue weighted by molar-refractivity contribution is -0.122.